The summed E-state index contributed by atoms with van der Waals surface area (Å²) in [5.41, 5.74) is 6.72. The molecule has 4 heterocycles. The number of fused-ring (bicyclic) bond motifs is 2. The summed E-state index contributed by atoms with van der Waals surface area (Å²) in [5.74, 6) is -0.304. The molecule has 4 aromatic carbocycles. The second kappa shape index (κ2) is 14.2. The lowest BCUT2D eigenvalue weighted by molar-refractivity contribution is -0.276. The number of imidazole rings is 1. The molecule has 11 heteroatoms. The van der Waals surface area contributed by atoms with Gasteiger partial charge in [-0.05, 0) is 60.4 Å². The highest BCUT2D eigenvalue weighted by Crippen LogP contribution is 2.42. The minimum atomic E-state index is -0.632. The Morgan fingerprint density at radius 1 is 0.902 bits per heavy atom. The van der Waals surface area contributed by atoms with Crippen LogP contribution in [-0.2, 0) is 16.1 Å². The number of nitrogens with one attached hydrogen (secondary N) is 2. The van der Waals surface area contributed by atoms with Crippen LogP contribution in [0.2, 0.25) is 0 Å². The fourth-order valence-corrected chi connectivity index (χ4v) is 7.36. The molecule has 0 unspecified atom stereocenters. The number of aromatic amines is 1. The van der Waals surface area contributed by atoms with Crippen molar-refractivity contribution >= 4 is 33.7 Å². The van der Waals surface area contributed by atoms with E-state index in [-0.39, 0.29) is 48.1 Å². The Morgan fingerprint density at radius 3 is 2.37 bits per heavy atom. The van der Waals surface area contributed by atoms with Crippen LogP contribution in [-0.4, -0.2) is 61.2 Å². The number of aliphatic hydroxyl groups is 1. The van der Waals surface area contributed by atoms with Crippen molar-refractivity contribution in [3.05, 3.63) is 136 Å². The molecule has 0 radical (unpaired) electrons. The average Bonchev–Trinajstić information content (AvgIpc) is 3.51. The molecule has 0 aliphatic carbocycles. The van der Waals surface area contributed by atoms with Gasteiger partial charge in [-0.3, -0.25) is 14.3 Å². The first-order valence-corrected chi connectivity index (χ1v) is 17.5. The van der Waals surface area contributed by atoms with Crippen molar-refractivity contribution in [2.24, 2.45) is 5.92 Å². The van der Waals surface area contributed by atoms with Crippen molar-refractivity contribution < 1.29 is 19.4 Å². The second-order valence-electron chi connectivity index (χ2n) is 13.5. The van der Waals surface area contributed by atoms with Crippen LogP contribution < -0.4 is 11.0 Å². The monoisotopic (exact) mass is 684 g/mol. The van der Waals surface area contributed by atoms with Crippen LogP contribution in [0.25, 0.3) is 22.1 Å². The maximum absolute atomic E-state index is 13.0. The zero-order valence-electron chi connectivity index (χ0n) is 28.3. The number of carbonyl (C=O) groups is 1. The summed E-state index contributed by atoms with van der Waals surface area (Å²) < 4.78 is 15.3. The summed E-state index contributed by atoms with van der Waals surface area (Å²) in [6.07, 6.45) is 2.21. The first kappa shape index (κ1) is 33.0. The van der Waals surface area contributed by atoms with Crippen molar-refractivity contribution in [3.8, 4) is 0 Å². The fourth-order valence-electron chi connectivity index (χ4n) is 7.36. The summed E-state index contributed by atoms with van der Waals surface area (Å²) in [7, 11) is 0. The van der Waals surface area contributed by atoms with Gasteiger partial charge in [0.25, 0.3) is 5.91 Å². The number of anilines is 1. The molecule has 2 aliphatic heterocycles. The molecule has 6 aromatic rings. The Morgan fingerprint density at radius 2 is 1.61 bits per heavy atom. The van der Waals surface area contributed by atoms with Gasteiger partial charge in [-0.2, -0.15) is 0 Å². The van der Waals surface area contributed by atoms with Gasteiger partial charge in [0.15, 0.2) is 6.29 Å². The zero-order chi connectivity index (χ0) is 34.9. The van der Waals surface area contributed by atoms with E-state index in [1.54, 1.807) is 0 Å². The number of likely N-dealkylation sites (tertiary alicyclic amines) is 1. The predicted molar refractivity (Wildman–Crippen MR) is 194 cm³/mol. The van der Waals surface area contributed by atoms with Crippen molar-refractivity contribution in [1.82, 2.24) is 24.4 Å². The van der Waals surface area contributed by atoms with Crippen LogP contribution in [0.1, 0.15) is 65.4 Å². The molecule has 260 valence electrons. The highest BCUT2D eigenvalue weighted by Gasteiger charge is 2.39. The number of aliphatic hydroxyl groups excluding tert-OH is 1. The molecular weight excluding hydrogens is 644 g/mol. The fraction of sp³-hybridized carbons (Fsp3) is 0.300. The third-order valence-corrected chi connectivity index (χ3v) is 10.2. The molecule has 2 aliphatic rings. The van der Waals surface area contributed by atoms with Crippen LogP contribution in [0.4, 0.5) is 5.69 Å². The first-order valence-electron chi connectivity index (χ1n) is 17.5. The number of H-pyrrole nitrogens is 1. The van der Waals surface area contributed by atoms with Crippen molar-refractivity contribution in [3.63, 3.8) is 0 Å². The standard InChI is InChI=1S/C40H40N6O5/c1-25-36(23-45-20-18-30(19-21-45)46-35-9-5-4-8-33(35)44-40(46)49)50-39(51-37(25)27-12-10-26(24-47)11-13-27)28-14-16-29(17-15-28)42-38(48)34-22-41-31-6-2-3-7-32(31)43-34/h2-17,22,25,30,36-37,39,47H,18-21,23-24H2,1H3,(H,42,48)(H,44,49)/t25-,36+,37+,39+/m0/s1. The van der Waals surface area contributed by atoms with Crippen LogP contribution in [0, 0.1) is 5.92 Å². The summed E-state index contributed by atoms with van der Waals surface area (Å²) in [6, 6.07) is 30.8. The van der Waals surface area contributed by atoms with Crippen molar-refractivity contribution in [2.45, 2.75) is 50.9 Å². The quantitative estimate of drug-likeness (QED) is 0.174. The van der Waals surface area contributed by atoms with Gasteiger partial charge in [-0.15, -0.1) is 0 Å². The van der Waals surface area contributed by atoms with E-state index >= 15 is 0 Å². The van der Waals surface area contributed by atoms with Crippen LogP contribution in [0.15, 0.2) is 108 Å². The molecule has 2 saturated heterocycles. The lowest BCUT2D eigenvalue weighted by Crippen LogP contribution is -2.47. The largest absolute Gasteiger partial charge is 0.392 e. The number of para-hydroxylation sites is 4. The molecule has 1 amide bonds. The molecule has 0 bridgehead atoms. The summed E-state index contributed by atoms with van der Waals surface area (Å²) >= 11 is 0. The SMILES string of the molecule is C[C@H]1[C@@H](CN2CCC(n3c(=O)[nH]c4ccccc43)CC2)O[C@@H](c2ccc(NC(=O)c3cnc4ccccc4n3)cc2)O[C@H]1c1ccc(CO)cc1. The van der Waals surface area contributed by atoms with Gasteiger partial charge in [-0.25, -0.2) is 9.78 Å². The van der Waals surface area contributed by atoms with Gasteiger partial charge in [-0.1, -0.05) is 67.6 Å². The number of piperidine rings is 1. The molecule has 2 fully saturated rings. The van der Waals surface area contributed by atoms with Gasteiger partial charge in [0.1, 0.15) is 5.69 Å². The highest BCUT2D eigenvalue weighted by atomic mass is 16.7. The maximum atomic E-state index is 13.0. The Balaban J connectivity index is 0.977. The molecule has 2 aromatic heterocycles. The topological polar surface area (TPSA) is 135 Å². The molecular formula is C40H40N6O5. The van der Waals surface area contributed by atoms with Crippen LogP contribution in [0.3, 0.4) is 0 Å². The number of aromatic nitrogens is 4. The molecule has 0 saturated carbocycles. The Hall–Kier alpha value is -5.20. The summed E-state index contributed by atoms with van der Waals surface area (Å²) in [5, 5.41) is 12.5. The van der Waals surface area contributed by atoms with Crippen molar-refractivity contribution in [2.75, 3.05) is 25.0 Å². The number of carbonyl (C=O) groups excluding carboxylic acids is 1. The number of benzene rings is 4. The molecule has 51 heavy (non-hydrogen) atoms. The van der Waals surface area contributed by atoms with Crippen molar-refractivity contribution in [1.29, 1.82) is 0 Å². The third-order valence-electron chi connectivity index (χ3n) is 10.2. The Bertz CT molecular complexity index is 2210. The maximum Gasteiger partial charge on any atom is 0.326 e. The van der Waals surface area contributed by atoms with Gasteiger partial charge in [0.2, 0.25) is 0 Å². The minimum absolute atomic E-state index is 0.0212. The lowest BCUT2D eigenvalue weighted by atomic mass is 9.89. The van der Waals surface area contributed by atoms with Crippen LogP contribution in [0.5, 0.6) is 0 Å². The third kappa shape index (κ3) is 6.81. The van der Waals surface area contributed by atoms with E-state index in [2.05, 4.69) is 32.1 Å². The first-order chi connectivity index (χ1) is 24.9. The van der Waals surface area contributed by atoms with Gasteiger partial charge < -0.3 is 29.8 Å². The molecule has 8 rings (SSSR count). The highest BCUT2D eigenvalue weighted by molar-refractivity contribution is 6.03. The van der Waals surface area contributed by atoms with Crippen LogP contribution >= 0.6 is 0 Å². The zero-order valence-corrected chi connectivity index (χ0v) is 28.3. The van der Waals surface area contributed by atoms with E-state index < -0.39 is 6.29 Å². The van der Waals surface area contributed by atoms with E-state index in [0.717, 1.165) is 65.7 Å². The number of rotatable bonds is 8. The number of nitrogens with zero attached hydrogens (tertiary/aromatic N) is 4. The Kier molecular flexibility index (Phi) is 9.18. The normalized spacial score (nSPS) is 21.6. The lowest BCUT2D eigenvalue weighted by Gasteiger charge is -2.44. The summed E-state index contributed by atoms with van der Waals surface area (Å²) in [6.45, 7) is 4.56. The number of ether oxygens (including phenoxy) is 2. The average molecular weight is 685 g/mol. The Labute approximate surface area is 294 Å². The van der Waals surface area contributed by atoms with E-state index in [4.69, 9.17) is 9.47 Å². The molecule has 4 atom stereocenters. The van der Waals surface area contributed by atoms with Gasteiger partial charge in [0.05, 0.1) is 47.1 Å². The number of amides is 1. The van der Waals surface area contributed by atoms with Gasteiger partial charge in [0, 0.05) is 42.8 Å². The smallest absolute Gasteiger partial charge is 0.326 e. The molecule has 0 spiro atoms. The number of hydrogen-bond donors (Lipinski definition) is 3. The number of hydrogen-bond acceptors (Lipinski definition) is 8. The summed E-state index contributed by atoms with van der Waals surface area (Å²) in [4.78, 5) is 40.1. The van der Waals surface area contributed by atoms with E-state index in [1.807, 2.05) is 102 Å². The van der Waals surface area contributed by atoms with Gasteiger partial charge >= 0.3 is 5.69 Å². The predicted octanol–water partition coefficient (Wildman–Crippen LogP) is 6.15. The molecule has 3 N–H and O–H groups in total. The minimum Gasteiger partial charge on any atom is -0.392 e. The van der Waals surface area contributed by atoms with E-state index in [9.17, 15) is 14.7 Å². The second-order valence-corrected chi connectivity index (χ2v) is 13.5. The molecule has 11 nitrogen and oxygen atoms in total. The van der Waals surface area contributed by atoms with E-state index in [0.29, 0.717) is 11.2 Å². The van der Waals surface area contributed by atoms with E-state index in [1.165, 1.54) is 6.20 Å².